The Morgan fingerprint density at radius 1 is 0.839 bits per heavy atom. The molecule has 0 saturated heterocycles. The number of nitrogens with one attached hydrogen (secondary N) is 1. The van der Waals surface area contributed by atoms with E-state index in [1.54, 1.807) is 0 Å². The predicted molar refractivity (Wildman–Crippen MR) is 116 cm³/mol. The van der Waals surface area contributed by atoms with E-state index in [9.17, 15) is 14.7 Å². The molecule has 0 radical (unpaired) electrons. The standard InChI is InChI=1S/C25H25NO5/c1-18(27)22(26-25(29)30-17-19-11-5-2-6-12-19)24(28)31-23(20-13-7-3-8-14-20)21-15-9-4-10-16-21/h2-16,18,22-23,27H,17H2,1H3,(H,26,29)/t18-,22+/m0/s1. The number of carbonyl (C=O) groups excluding carboxylic acids is 2. The first-order valence-electron chi connectivity index (χ1n) is 10.0. The van der Waals surface area contributed by atoms with Gasteiger partial charge < -0.3 is 19.9 Å². The Balaban J connectivity index is 1.70. The number of ether oxygens (including phenoxy) is 2. The zero-order chi connectivity index (χ0) is 22.1. The van der Waals surface area contributed by atoms with E-state index < -0.39 is 30.3 Å². The molecule has 0 aromatic heterocycles. The zero-order valence-electron chi connectivity index (χ0n) is 17.2. The second-order valence-corrected chi connectivity index (χ2v) is 7.06. The maximum absolute atomic E-state index is 12.9. The highest BCUT2D eigenvalue weighted by atomic mass is 16.6. The van der Waals surface area contributed by atoms with Gasteiger partial charge in [-0.15, -0.1) is 0 Å². The molecule has 0 saturated carbocycles. The molecule has 0 aliphatic heterocycles. The van der Waals surface area contributed by atoms with Crippen LogP contribution < -0.4 is 5.32 Å². The Kier molecular flexibility index (Phi) is 7.79. The fraction of sp³-hybridized carbons (Fsp3) is 0.200. The lowest BCUT2D eigenvalue weighted by Crippen LogP contribution is -2.49. The number of amides is 1. The van der Waals surface area contributed by atoms with Crippen LogP contribution in [0.4, 0.5) is 4.79 Å². The Hall–Kier alpha value is -3.64. The van der Waals surface area contributed by atoms with Gasteiger partial charge in [-0.05, 0) is 23.6 Å². The lowest BCUT2D eigenvalue weighted by molar-refractivity contribution is -0.152. The van der Waals surface area contributed by atoms with Crippen LogP contribution in [0.3, 0.4) is 0 Å². The largest absolute Gasteiger partial charge is 0.451 e. The van der Waals surface area contributed by atoms with Crippen LogP contribution in [0.25, 0.3) is 0 Å². The van der Waals surface area contributed by atoms with E-state index in [-0.39, 0.29) is 6.61 Å². The number of esters is 1. The molecule has 160 valence electrons. The minimum atomic E-state index is -1.28. The third-order valence-corrected chi connectivity index (χ3v) is 4.66. The van der Waals surface area contributed by atoms with Crippen LogP contribution in [0, 0.1) is 0 Å². The van der Waals surface area contributed by atoms with Crippen molar-refractivity contribution < 1.29 is 24.2 Å². The minimum Gasteiger partial charge on any atom is -0.451 e. The van der Waals surface area contributed by atoms with Gasteiger partial charge in [0.25, 0.3) is 0 Å². The Labute approximate surface area is 181 Å². The third-order valence-electron chi connectivity index (χ3n) is 4.66. The maximum atomic E-state index is 12.9. The lowest BCUT2D eigenvalue weighted by atomic mass is 10.0. The average molecular weight is 419 g/mol. The molecule has 1 amide bonds. The van der Waals surface area contributed by atoms with E-state index in [2.05, 4.69) is 5.32 Å². The summed E-state index contributed by atoms with van der Waals surface area (Å²) in [4.78, 5) is 25.1. The molecule has 0 unspecified atom stereocenters. The van der Waals surface area contributed by atoms with Crippen LogP contribution in [0.15, 0.2) is 91.0 Å². The average Bonchev–Trinajstić information content (AvgIpc) is 2.81. The fourth-order valence-electron chi connectivity index (χ4n) is 3.04. The molecular weight excluding hydrogens is 394 g/mol. The number of hydrogen-bond acceptors (Lipinski definition) is 5. The number of alkyl carbamates (subject to hydrolysis) is 1. The van der Waals surface area contributed by atoms with Gasteiger partial charge in [-0.1, -0.05) is 91.0 Å². The van der Waals surface area contributed by atoms with Crippen LogP contribution in [0.2, 0.25) is 0 Å². The Bertz CT molecular complexity index is 921. The summed E-state index contributed by atoms with van der Waals surface area (Å²) in [6.45, 7) is 1.45. The molecule has 31 heavy (non-hydrogen) atoms. The predicted octanol–water partition coefficient (Wildman–Crippen LogP) is 4.00. The second-order valence-electron chi connectivity index (χ2n) is 7.06. The summed E-state index contributed by atoms with van der Waals surface area (Å²) in [5, 5.41) is 12.5. The summed E-state index contributed by atoms with van der Waals surface area (Å²) in [5.41, 5.74) is 2.36. The van der Waals surface area contributed by atoms with Crippen molar-refractivity contribution in [1.82, 2.24) is 5.32 Å². The normalized spacial score (nSPS) is 12.6. The molecule has 6 nitrogen and oxygen atoms in total. The maximum Gasteiger partial charge on any atom is 0.408 e. The first-order chi connectivity index (χ1) is 15.0. The van der Waals surface area contributed by atoms with Crippen molar-refractivity contribution in [1.29, 1.82) is 0 Å². The van der Waals surface area contributed by atoms with Crippen LogP contribution in [-0.4, -0.2) is 29.3 Å². The smallest absolute Gasteiger partial charge is 0.408 e. The van der Waals surface area contributed by atoms with E-state index in [0.29, 0.717) is 0 Å². The molecule has 0 aliphatic carbocycles. The van der Waals surface area contributed by atoms with Gasteiger partial charge in [-0.2, -0.15) is 0 Å². The topological polar surface area (TPSA) is 84.9 Å². The van der Waals surface area contributed by atoms with Gasteiger partial charge in [-0.3, -0.25) is 0 Å². The molecule has 0 spiro atoms. The van der Waals surface area contributed by atoms with Gasteiger partial charge in [0.1, 0.15) is 6.61 Å². The minimum absolute atomic E-state index is 0.0465. The summed E-state index contributed by atoms with van der Waals surface area (Å²) in [6, 6.07) is 26.4. The van der Waals surface area contributed by atoms with Crippen LogP contribution >= 0.6 is 0 Å². The summed E-state index contributed by atoms with van der Waals surface area (Å²) in [7, 11) is 0. The molecule has 3 rings (SSSR count). The molecule has 6 heteroatoms. The van der Waals surface area contributed by atoms with E-state index in [0.717, 1.165) is 16.7 Å². The SMILES string of the molecule is C[C@H](O)[C@@H](NC(=O)OCc1ccccc1)C(=O)OC(c1ccccc1)c1ccccc1. The zero-order valence-corrected chi connectivity index (χ0v) is 17.2. The highest BCUT2D eigenvalue weighted by Gasteiger charge is 2.31. The second kappa shape index (κ2) is 10.9. The highest BCUT2D eigenvalue weighted by molar-refractivity contribution is 5.82. The highest BCUT2D eigenvalue weighted by Crippen LogP contribution is 2.26. The van der Waals surface area contributed by atoms with E-state index in [1.165, 1.54) is 6.92 Å². The summed E-state index contributed by atoms with van der Waals surface area (Å²) in [5.74, 6) is -0.760. The molecule has 0 heterocycles. The van der Waals surface area contributed by atoms with Crippen molar-refractivity contribution >= 4 is 12.1 Å². The lowest BCUT2D eigenvalue weighted by Gasteiger charge is -2.24. The van der Waals surface area contributed by atoms with Gasteiger partial charge >= 0.3 is 12.1 Å². The Morgan fingerprint density at radius 3 is 1.81 bits per heavy atom. The first kappa shape index (κ1) is 22.1. The van der Waals surface area contributed by atoms with Gasteiger partial charge in [-0.25, -0.2) is 9.59 Å². The molecule has 2 atom stereocenters. The van der Waals surface area contributed by atoms with Crippen molar-refractivity contribution in [3.63, 3.8) is 0 Å². The third kappa shape index (κ3) is 6.42. The van der Waals surface area contributed by atoms with Crippen LogP contribution in [0.5, 0.6) is 0 Å². The molecule has 0 aliphatic rings. The van der Waals surface area contributed by atoms with Crippen LogP contribution in [0.1, 0.15) is 29.7 Å². The van der Waals surface area contributed by atoms with Crippen LogP contribution in [-0.2, 0) is 20.9 Å². The van der Waals surface area contributed by atoms with E-state index >= 15 is 0 Å². The Morgan fingerprint density at radius 2 is 1.32 bits per heavy atom. The number of carbonyl (C=O) groups is 2. The van der Waals surface area contributed by atoms with Crippen molar-refractivity contribution in [2.45, 2.75) is 31.8 Å². The van der Waals surface area contributed by atoms with Crippen molar-refractivity contribution in [3.8, 4) is 0 Å². The van der Waals surface area contributed by atoms with Crippen molar-refractivity contribution in [3.05, 3.63) is 108 Å². The van der Waals surface area contributed by atoms with Gasteiger partial charge in [0.15, 0.2) is 12.1 Å². The monoisotopic (exact) mass is 419 g/mol. The summed E-state index contributed by atoms with van der Waals surface area (Å²) in [6.07, 6.45) is -2.68. The summed E-state index contributed by atoms with van der Waals surface area (Å²) >= 11 is 0. The quantitative estimate of drug-likeness (QED) is 0.539. The molecule has 3 aromatic carbocycles. The van der Waals surface area contributed by atoms with Crippen molar-refractivity contribution in [2.24, 2.45) is 0 Å². The van der Waals surface area contributed by atoms with Gasteiger partial charge in [0.2, 0.25) is 0 Å². The fourth-order valence-corrected chi connectivity index (χ4v) is 3.04. The number of rotatable bonds is 8. The first-order valence-corrected chi connectivity index (χ1v) is 10.0. The number of aliphatic hydroxyl groups excluding tert-OH is 1. The number of hydrogen-bond donors (Lipinski definition) is 2. The van der Waals surface area contributed by atoms with Gasteiger partial charge in [0, 0.05) is 0 Å². The molecule has 3 aromatic rings. The molecule has 0 fully saturated rings. The van der Waals surface area contributed by atoms with Gasteiger partial charge in [0.05, 0.1) is 6.10 Å². The summed E-state index contributed by atoms with van der Waals surface area (Å²) < 4.78 is 10.9. The number of benzene rings is 3. The van der Waals surface area contributed by atoms with Crippen molar-refractivity contribution in [2.75, 3.05) is 0 Å². The molecule has 0 bridgehead atoms. The van der Waals surface area contributed by atoms with E-state index in [1.807, 2.05) is 91.0 Å². The number of aliphatic hydroxyl groups is 1. The molecule has 2 N–H and O–H groups in total. The molecular formula is C25H25NO5. The van der Waals surface area contributed by atoms with E-state index in [4.69, 9.17) is 9.47 Å².